The number of aliphatic hydroxyl groups excluding tert-OH is 1. The summed E-state index contributed by atoms with van der Waals surface area (Å²) in [5.41, 5.74) is 5.04. The molecule has 0 atom stereocenters. The smallest absolute Gasteiger partial charge is 0.300 e. The number of carboxylic acids is 1. The van der Waals surface area contributed by atoms with Gasteiger partial charge in [-0.1, -0.05) is 48.5 Å². The van der Waals surface area contributed by atoms with E-state index in [-0.39, 0.29) is 12.5 Å². The first-order valence-corrected chi connectivity index (χ1v) is 6.13. The molecule has 1 aliphatic carbocycles. The summed E-state index contributed by atoms with van der Waals surface area (Å²) >= 11 is 0. The van der Waals surface area contributed by atoms with Crippen molar-refractivity contribution in [1.82, 2.24) is 0 Å². The van der Waals surface area contributed by atoms with Gasteiger partial charge in [-0.05, 0) is 22.3 Å². The fraction of sp³-hybridized carbons (Fsp3) is 0.188. The maximum Gasteiger partial charge on any atom is 0.300 e. The van der Waals surface area contributed by atoms with Gasteiger partial charge in [-0.15, -0.1) is 0 Å². The van der Waals surface area contributed by atoms with Crippen molar-refractivity contribution in [2.45, 2.75) is 12.8 Å². The number of benzene rings is 2. The van der Waals surface area contributed by atoms with Crippen LogP contribution in [0.4, 0.5) is 0 Å². The summed E-state index contributed by atoms with van der Waals surface area (Å²) in [7, 11) is 0. The largest absolute Gasteiger partial charge is 0.481 e. The first kappa shape index (κ1) is 13.3. The molecule has 0 radical (unpaired) electrons. The molecule has 0 aliphatic heterocycles. The minimum atomic E-state index is -0.833. The molecule has 0 heterocycles. The van der Waals surface area contributed by atoms with Crippen molar-refractivity contribution in [3.63, 3.8) is 0 Å². The summed E-state index contributed by atoms with van der Waals surface area (Å²) in [6.07, 6.45) is 0. The third-order valence-electron chi connectivity index (χ3n) is 3.15. The van der Waals surface area contributed by atoms with Crippen LogP contribution in [-0.2, 0) is 4.79 Å². The van der Waals surface area contributed by atoms with Gasteiger partial charge in [-0.3, -0.25) is 4.79 Å². The Morgan fingerprint density at radius 1 is 1.00 bits per heavy atom. The predicted octanol–water partition coefficient (Wildman–Crippen LogP) is 2.88. The molecule has 0 saturated carbocycles. The molecule has 1 aliphatic rings. The highest BCUT2D eigenvalue weighted by Crippen LogP contribution is 2.43. The van der Waals surface area contributed by atoms with Crippen LogP contribution in [0, 0.1) is 0 Å². The molecule has 2 aromatic rings. The van der Waals surface area contributed by atoms with Gasteiger partial charge in [0.15, 0.2) is 0 Å². The first-order valence-electron chi connectivity index (χ1n) is 6.13. The molecule has 0 bridgehead atoms. The molecule has 0 amide bonds. The molecule has 3 rings (SSSR count). The Bertz CT molecular complexity index is 541. The van der Waals surface area contributed by atoms with Crippen molar-refractivity contribution >= 4 is 5.97 Å². The molecule has 3 nitrogen and oxygen atoms in total. The molecule has 19 heavy (non-hydrogen) atoms. The predicted molar refractivity (Wildman–Crippen MR) is 74.1 cm³/mol. The summed E-state index contributed by atoms with van der Waals surface area (Å²) in [5.74, 6) is -0.669. The average molecular weight is 256 g/mol. The van der Waals surface area contributed by atoms with Gasteiger partial charge in [0.2, 0.25) is 0 Å². The lowest BCUT2D eigenvalue weighted by Crippen LogP contribution is -2.01. The zero-order valence-corrected chi connectivity index (χ0v) is 10.7. The van der Waals surface area contributed by atoms with E-state index in [1.165, 1.54) is 22.3 Å². The van der Waals surface area contributed by atoms with Crippen LogP contribution in [0.5, 0.6) is 0 Å². The van der Waals surface area contributed by atoms with E-state index in [2.05, 4.69) is 36.4 Å². The zero-order valence-electron chi connectivity index (χ0n) is 10.7. The van der Waals surface area contributed by atoms with Gasteiger partial charge >= 0.3 is 0 Å². The van der Waals surface area contributed by atoms with Gasteiger partial charge in [-0.2, -0.15) is 0 Å². The number of carbonyl (C=O) groups is 1. The highest BCUT2D eigenvalue weighted by molar-refractivity contribution is 5.78. The third kappa shape index (κ3) is 2.66. The molecule has 2 N–H and O–H groups in total. The fourth-order valence-corrected chi connectivity index (χ4v) is 2.46. The van der Waals surface area contributed by atoms with Crippen LogP contribution in [0.3, 0.4) is 0 Å². The Labute approximate surface area is 112 Å². The summed E-state index contributed by atoms with van der Waals surface area (Å²) in [6.45, 7) is 1.27. The lowest BCUT2D eigenvalue weighted by molar-refractivity contribution is -0.134. The van der Waals surface area contributed by atoms with Crippen molar-refractivity contribution in [3.8, 4) is 11.1 Å². The molecule has 2 aromatic carbocycles. The quantitative estimate of drug-likeness (QED) is 0.824. The highest BCUT2D eigenvalue weighted by Gasteiger charge is 2.26. The Kier molecular flexibility index (Phi) is 3.97. The Hall–Kier alpha value is -2.13. The fourth-order valence-electron chi connectivity index (χ4n) is 2.46. The molecular weight excluding hydrogens is 240 g/mol. The number of rotatable bonds is 1. The van der Waals surface area contributed by atoms with E-state index >= 15 is 0 Å². The van der Waals surface area contributed by atoms with Crippen LogP contribution in [0.25, 0.3) is 11.1 Å². The second kappa shape index (κ2) is 5.67. The molecule has 0 saturated heterocycles. The molecular formula is C16H16O3. The number of hydrogen-bond acceptors (Lipinski definition) is 2. The van der Waals surface area contributed by atoms with Gasteiger partial charge < -0.3 is 10.2 Å². The zero-order chi connectivity index (χ0) is 13.8. The van der Waals surface area contributed by atoms with Crippen molar-refractivity contribution in [2.75, 3.05) is 6.61 Å². The van der Waals surface area contributed by atoms with Crippen molar-refractivity contribution < 1.29 is 15.0 Å². The van der Waals surface area contributed by atoms with E-state index in [0.717, 1.165) is 6.92 Å². The van der Waals surface area contributed by atoms with Gasteiger partial charge in [0.05, 0.1) is 6.61 Å². The molecule has 3 heteroatoms. The summed E-state index contributed by atoms with van der Waals surface area (Å²) < 4.78 is 0. The van der Waals surface area contributed by atoms with E-state index < -0.39 is 5.97 Å². The van der Waals surface area contributed by atoms with Crippen LogP contribution >= 0.6 is 0 Å². The van der Waals surface area contributed by atoms with Gasteiger partial charge in [0.1, 0.15) is 0 Å². The standard InChI is InChI=1S/C14H12O.C2H4O2/c15-9-14-12-7-3-1-5-10(12)11-6-2-4-8-13(11)14;1-2(3)4/h1-8,14-15H,9H2;1H3,(H,3,4). The minimum Gasteiger partial charge on any atom is -0.481 e. The second-order valence-electron chi connectivity index (χ2n) is 4.43. The van der Waals surface area contributed by atoms with Crippen LogP contribution in [0.15, 0.2) is 48.5 Å². The summed E-state index contributed by atoms with van der Waals surface area (Å²) in [6, 6.07) is 16.6. The number of hydrogen-bond donors (Lipinski definition) is 2. The number of fused-ring (bicyclic) bond motifs is 3. The van der Waals surface area contributed by atoms with Crippen molar-refractivity contribution in [3.05, 3.63) is 59.7 Å². The van der Waals surface area contributed by atoms with Crippen molar-refractivity contribution in [1.29, 1.82) is 0 Å². The van der Waals surface area contributed by atoms with Gasteiger partial charge in [0, 0.05) is 12.8 Å². The van der Waals surface area contributed by atoms with E-state index in [1.807, 2.05) is 12.1 Å². The number of carboxylic acid groups (broad SMARTS) is 1. The Morgan fingerprint density at radius 3 is 1.74 bits per heavy atom. The first-order chi connectivity index (χ1) is 9.15. The lowest BCUT2D eigenvalue weighted by atomic mass is 9.98. The van der Waals surface area contributed by atoms with Gasteiger partial charge in [0.25, 0.3) is 5.97 Å². The Balaban J connectivity index is 0.000000297. The van der Waals surface area contributed by atoms with E-state index in [1.54, 1.807) is 0 Å². The molecule has 0 spiro atoms. The summed E-state index contributed by atoms with van der Waals surface area (Å²) in [4.78, 5) is 9.00. The maximum atomic E-state index is 9.46. The Morgan fingerprint density at radius 2 is 1.37 bits per heavy atom. The lowest BCUT2D eigenvalue weighted by Gasteiger charge is -2.08. The second-order valence-corrected chi connectivity index (χ2v) is 4.43. The molecule has 0 fully saturated rings. The molecule has 98 valence electrons. The van der Waals surface area contributed by atoms with Crippen LogP contribution in [0.2, 0.25) is 0 Å². The highest BCUT2D eigenvalue weighted by atomic mass is 16.4. The topological polar surface area (TPSA) is 57.5 Å². The van der Waals surface area contributed by atoms with E-state index in [9.17, 15) is 5.11 Å². The normalized spacial score (nSPS) is 12.1. The molecule has 0 unspecified atom stereocenters. The SMILES string of the molecule is CC(=O)O.OCC1c2ccccc2-c2ccccc21. The van der Waals surface area contributed by atoms with E-state index in [4.69, 9.17) is 9.90 Å². The van der Waals surface area contributed by atoms with Crippen LogP contribution in [0.1, 0.15) is 24.0 Å². The van der Waals surface area contributed by atoms with Crippen LogP contribution in [-0.4, -0.2) is 22.8 Å². The van der Waals surface area contributed by atoms with Crippen LogP contribution < -0.4 is 0 Å². The maximum absolute atomic E-state index is 9.46. The third-order valence-corrected chi connectivity index (χ3v) is 3.15. The molecule has 0 aromatic heterocycles. The van der Waals surface area contributed by atoms with Crippen molar-refractivity contribution in [2.24, 2.45) is 0 Å². The number of aliphatic hydroxyl groups is 1. The summed E-state index contributed by atoms with van der Waals surface area (Å²) in [5, 5.41) is 16.9. The monoisotopic (exact) mass is 256 g/mol. The minimum absolute atomic E-state index is 0.164. The average Bonchev–Trinajstić information content (AvgIpc) is 2.72. The van der Waals surface area contributed by atoms with Gasteiger partial charge in [-0.25, -0.2) is 0 Å². The van der Waals surface area contributed by atoms with E-state index in [0.29, 0.717) is 0 Å². The number of aliphatic carboxylic acids is 1.